The van der Waals surface area contributed by atoms with Crippen LogP contribution in [0.4, 0.5) is 0 Å². The third-order valence-electron chi connectivity index (χ3n) is 8.58. The molecule has 2 saturated carbocycles. The van der Waals surface area contributed by atoms with Crippen molar-refractivity contribution >= 4 is 23.5 Å². The van der Waals surface area contributed by atoms with E-state index in [1.165, 1.54) is 0 Å². The van der Waals surface area contributed by atoms with Crippen molar-refractivity contribution in [3.63, 3.8) is 0 Å². The van der Waals surface area contributed by atoms with E-state index in [-0.39, 0.29) is 30.1 Å². The highest BCUT2D eigenvalue weighted by Crippen LogP contribution is 2.34. The lowest BCUT2D eigenvalue weighted by Gasteiger charge is -2.31. The first-order chi connectivity index (χ1) is 19.1. The zero-order valence-corrected chi connectivity index (χ0v) is 23.7. The molecule has 3 fully saturated rings. The minimum absolute atomic E-state index is 0.138. The molecule has 0 radical (unpaired) electrons. The van der Waals surface area contributed by atoms with Gasteiger partial charge in [-0.15, -0.1) is 0 Å². The fraction of sp³-hybridized carbons (Fsp3) is 0.667. The van der Waals surface area contributed by atoms with E-state index in [2.05, 4.69) is 16.0 Å². The Kier molecular flexibility index (Phi) is 9.84. The van der Waals surface area contributed by atoms with Crippen LogP contribution in [0, 0.1) is 11.8 Å². The molecule has 3 amide bonds. The summed E-state index contributed by atoms with van der Waals surface area (Å²) in [4.78, 5) is 52.8. The number of benzene rings is 1. The van der Waals surface area contributed by atoms with Crippen molar-refractivity contribution in [3.8, 4) is 5.75 Å². The fourth-order valence-electron chi connectivity index (χ4n) is 5.42. The van der Waals surface area contributed by atoms with Gasteiger partial charge < -0.3 is 30.5 Å². The number of hydrogen-bond donors (Lipinski definition) is 4. The number of rotatable bonds is 13. The van der Waals surface area contributed by atoms with Crippen LogP contribution in [0.25, 0.3) is 0 Å². The van der Waals surface area contributed by atoms with E-state index in [0.29, 0.717) is 50.4 Å². The number of carbonyl (C=O) groups excluding carboxylic acids is 4. The summed E-state index contributed by atoms with van der Waals surface area (Å²) in [6.45, 7) is 3.66. The number of methoxy groups -OCH3 is 1. The molecule has 0 bridgehead atoms. The van der Waals surface area contributed by atoms with Crippen LogP contribution in [0.5, 0.6) is 5.75 Å². The number of hydrogen-bond acceptors (Lipinski definition) is 7. The maximum atomic E-state index is 13.6. The molecule has 2 aliphatic carbocycles. The van der Waals surface area contributed by atoms with E-state index in [9.17, 15) is 24.3 Å². The molecule has 1 aliphatic heterocycles. The number of carbonyl (C=O) groups is 4. The molecule has 1 aromatic rings. The Morgan fingerprint density at radius 3 is 2.15 bits per heavy atom. The number of epoxide rings is 1. The summed E-state index contributed by atoms with van der Waals surface area (Å²) in [5, 5.41) is 18.2. The normalized spacial score (nSPS) is 26.4. The maximum absolute atomic E-state index is 13.6. The first kappa shape index (κ1) is 30.0. The Hall–Kier alpha value is -2.98. The van der Waals surface area contributed by atoms with Gasteiger partial charge in [-0.05, 0) is 69.6 Å². The molecule has 0 aromatic heterocycles. The van der Waals surface area contributed by atoms with Crippen LogP contribution >= 0.6 is 0 Å². The van der Waals surface area contributed by atoms with Gasteiger partial charge in [0, 0.05) is 12.3 Å². The van der Waals surface area contributed by atoms with E-state index in [1.54, 1.807) is 33.1 Å². The Morgan fingerprint density at radius 2 is 1.60 bits per heavy atom. The molecule has 0 unspecified atom stereocenters. The highest BCUT2D eigenvalue weighted by molar-refractivity contribution is 5.98. The molecule has 1 aromatic carbocycles. The summed E-state index contributed by atoms with van der Waals surface area (Å²) in [5.74, 6) is -0.508. The van der Waals surface area contributed by atoms with Gasteiger partial charge >= 0.3 is 0 Å². The van der Waals surface area contributed by atoms with Crippen LogP contribution < -0.4 is 20.7 Å². The van der Waals surface area contributed by atoms with Gasteiger partial charge in [0.15, 0.2) is 5.78 Å². The Labute approximate surface area is 235 Å². The average molecular weight is 558 g/mol. The number of ether oxygens (including phenoxy) is 2. The van der Waals surface area contributed by atoms with E-state index in [4.69, 9.17) is 9.47 Å². The minimum Gasteiger partial charge on any atom is -0.497 e. The zero-order chi connectivity index (χ0) is 28.9. The van der Waals surface area contributed by atoms with Gasteiger partial charge in [-0.1, -0.05) is 31.4 Å². The Bertz CT molecular complexity index is 1060. The number of aliphatic hydroxyl groups is 1. The van der Waals surface area contributed by atoms with Crippen LogP contribution in [0.2, 0.25) is 0 Å². The molecule has 1 heterocycles. The van der Waals surface area contributed by atoms with Gasteiger partial charge in [-0.3, -0.25) is 19.2 Å². The summed E-state index contributed by atoms with van der Waals surface area (Å²) < 4.78 is 10.6. The molecular formula is C30H43N3O7. The van der Waals surface area contributed by atoms with Crippen molar-refractivity contribution in [1.82, 2.24) is 16.0 Å². The molecule has 4 rings (SSSR count). The van der Waals surface area contributed by atoms with Crippen LogP contribution in [0.1, 0.15) is 70.8 Å². The highest BCUT2D eigenvalue weighted by Gasteiger charge is 2.50. The van der Waals surface area contributed by atoms with Gasteiger partial charge in [-0.2, -0.15) is 0 Å². The number of aliphatic hydroxyl groups excluding tert-OH is 1. The van der Waals surface area contributed by atoms with Gasteiger partial charge in [0.1, 0.15) is 23.4 Å². The maximum Gasteiger partial charge on any atom is 0.243 e. The van der Waals surface area contributed by atoms with Gasteiger partial charge in [0.25, 0.3) is 0 Å². The topological polar surface area (TPSA) is 146 Å². The third-order valence-corrected chi connectivity index (χ3v) is 8.58. The predicted octanol–water partition coefficient (Wildman–Crippen LogP) is 1.81. The lowest BCUT2D eigenvalue weighted by molar-refractivity contribution is -0.135. The summed E-state index contributed by atoms with van der Waals surface area (Å²) in [6.07, 6.45) is 5.81. The molecule has 10 heteroatoms. The second-order valence-electron chi connectivity index (χ2n) is 11.8. The SMILES string of the molecule is COc1ccc(C[C@H](NC(=O)[C@H](C)NC(=O)C2CCC(O)CC2)C(=O)N[C@@H](CC2CCC2)C(=O)[C@@]2(C)CO2)cc1. The van der Waals surface area contributed by atoms with Crippen molar-refractivity contribution in [2.45, 2.75) is 101 Å². The Morgan fingerprint density at radius 1 is 0.975 bits per heavy atom. The molecule has 3 aliphatic rings. The smallest absolute Gasteiger partial charge is 0.243 e. The summed E-state index contributed by atoms with van der Waals surface area (Å²) >= 11 is 0. The number of ketones is 1. The standard InChI is InChI=1S/C30H43N3O7/c1-18(31-28(37)21-9-11-22(34)12-10-21)27(36)33-25(16-20-7-13-23(39-3)14-8-20)29(38)32-24(15-19-5-4-6-19)26(35)30(2)17-40-30/h7-8,13-14,18-19,21-22,24-25,34H,4-6,9-12,15-17H2,1-3H3,(H,31,37)(H,32,38)(H,33,36)/t18-,21?,22?,24-,25-,30+/m0/s1. The predicted molar refractivity (Wildman–Crippen MR) is 147 cm³/mol. The second kappa shape index (κ2) is 13.1. The van der Waals surface area contributed by atoms with Crippen molar-refractivity contribution in [2.75, 3.05) is 13.7 Å². The largest absolute Gasteiger partial charge is 0.497 e. The number of amides is 3. The molecule has 220 valence electrons. The molecule has 4 atom stereocenters. The molecule has 40 heavy (non-hydrogen) atoms. The second-order valence-corrected chi connectivity index (χ2v) is 11.8. The van der Waals surface area contributed by atoms with Crippen molar-refractivity contribution in [1.29, 1.82) is 0 Å². The van der Waals surface area contributed by atoms with Gasteiger partial charge in [0.2, 0.25) is 17.7 Å². The first-order valence-corrected chi connectivity index (χ1v) is 14.5. The zero-order valence-electron chi connectivity index (χ0n) is 23.7. The molecular weight excluding hydrogens is 514 g/mol. The van der Waals surface area contributed by atoms with E-state index in [0.717, 1.165) is 24.8 Å². The molecule has 0 spiro atoms. The molecule has 4 N–H and O–H groups in total. The minimum atomic E-state index is -0.963. The summed E-state index contributed by atoms with van der Waals surface area (Å²) in [6, 6.07) is 4.69. The summed E-state index contributed by atoms with van der Waals surface area (Å²) in [5.41, 5.74) is -0.0669. The van der Waals surface area contributed by atoms with E-state index < -0.39 is 35.5 Å². The molecule has 1 saturated heterocycles. The summed E-state index contributed by atoms with van der Waals surface area (Å²) in [7, 11) is 1.57. The lowest BCUT2D eigenvalue weighted by Crippen LogP contribution is -2.57. The molecule has 10 nitrogen and oxygen atoms in total. The van der Waals surface area contributed by atoms with E-state index in [1.807, 2.05) is 12.1 Å². The third kappa shape index (κ3) is 7.81. The van der Waals surface area contributed by atoms with Crippen LogP contribution in [-0.4, -0.2) is 72.2 Å². The van der Waals surface area contributed by atoms with Gasteiger partial charge in [0.05, 0.1) is 25.9 Å². The number of nitrogens with one attached hydrogen (secondary N) is 3. The fourth-order valence-corrected chi connectivity index (χ4v) is 5.42. The van der Waals surface area contributed by atoms with Crippen molar-refractivity contribution in [3.05, 3.63) is 29.8 Å². The first-order valence-electron chi connectivity index (χ1n) is 14.5. The van der Waals surface area contributed by atoms with E-state index >= 15 is 0 Å². The van der Waals surface area contributed by atoms with Crippen molar-refractivity contribution in [2.24, 2.45) is 11.8 Å². The number of Topliss-reactive ketones (excluding diaryl/α,β-unsaturated/α-hetero) is 1. The highest BCUT2D eigenvalue weighted by atomic mass is 16.6. The quantitative estimate of drug-likeness (QED) is 0.271. The van der Waals surface area contributed by atoms with Crippen LogP contribution in [0.15, 0.2) is 24.3 Å². The average Bonchev–Trinajstić information content (AvgIpc) is 3.67. The van der Waals surface area contributed by atoms with Crippen LogP contribution in [0.3, 0.4) is 0 Å². The van der Waals surface area contributed by atoms with Crippen LogP contribution in [-0.2, 0) is 30.3 Å². The Balaban J connectivity index is 1.44. The van der Waals surface area contributed by atoms with Crippen molar-refractivity contribution < 1.29 is 33.8 Å². The monoisotopic (exact) mass is 557 g/mol. The van der Waals surface area contributed by atoms with Gasteiger partial charge in [-0.25, -0.2) is 0 Å². The lowest BCUT2D eigenvalue weighted by atomic mass is 9.79.